The Balaban J connectivity index is 2.19. The second kappa shape index (κ2) is 4.81. The maximum atomic E-state index is 12.0. The number of aromatic nitrogens is 1. The molecule has 1 aromatic carbocycles. The molecular weight excluding hydrogens is 292 g/mol. The highest BCUT2D eigenvalue weighted by Gasteiger charge is 2.12. The van der Waals surface area contributed by atoms with Crippen LogP contribution in [0.4, 0.5) is 0 Å². The summed E-state index contributed by atoms with van der Waals surface area (Å²) >= 11 is 6.17. The zero-order valence-corrected chi connectivity index (χ0v) is 12.1. The molecule has 1 aromatic heterocycles. The lowest BCUT2D eigenvalue weighted by Crippen LogP contribution is -2.30. The molecule has 1 amide bonds. The third-order valence-corrected chi connectivity index (χ3v) is 4.08. The number of H-pyrrole nitrogens is 1. The van der Waals surface area contributed by atoms with Gasteiger partial charge in [0.25, 0.3) is 5.91 Å². The van der Waals surface area contributed by atoms with Gasteiger partial charge < -0.3 is 10.1 Å². The second-order valence-corrected chi connectivity index (χ2v) is 6.17. The maximum Gasteiger partial charge on any atom is 0.277 e. The van der Waals surface area contributed by atoms with Crippen LogP contribution in [0, 0.1) is 10.9 Å². The summed E-state index contributed by atoms with van der Waals surface area (Å²) in [6.45, 7) is 1.98. The van der Waals surface area contributed by atoms with E-state index in [1.54, 1.807) is 12.2 Å². The Morgan fingerprint density at radius 1 is 1.45 bits per heavy atom. The summed E-state index contributed by atoms with van der Waals surface area (Å²) in [4.78, 5) is 19.2. The molecule has 20 heavy (non-hydrogen) atoms. The molecule has 2 heterocycles. The van der Waals surface area contributed by atoms with E-state index in [-0.39, 0.29) is 11.8 Å². The number of hydrogen-bond donors (Lipinski definition) is 2. The number of amides is 1. The van der Waals surface area contributed by atoms with Crippen LogP contribution in [0.15, 0.2) is 28.8 Å². The number of aryl methyl sites for hydroxylation is 1. The maximum absolute atomic E-state index is 12.0. The van der Waals surface area contributed by atoms with Crippen molar-refractivity contribution in [2.24, 2.45) is 4.99 Å². The molecule has 0 aliphatic carbocycles. The Bertz CT molecular complexity index is 919. The first kappa shape index (κ1) is 13.0. The van der Waals surface area contributed by atoms with E-state index in [9.17, 15) is 9.90 Å². The average Bonchev–Trinajstić information content (AvgIpc) is 2.69. The molecule has 2 N–H and O–H groups in total. The third kappa shape index (κ3) is 2.35. The van der Waals surface area contributed by atoms with Gasteiger partial charge in [-0.15, -0.1) is 11.3 Å². The van der Waals surface area contributed by atoms with Crippen LogP contribution >= 0.6 is 23.6 Å². The fourth-order valence-electron chi connectivity index (χ4n) is 1.97. The van der Waals surface area contributed by atoms with Gasteiger partial charge in [-0.05, 0) is 43.4 Å². The number of nitrogens with one attached hydrogen (secondary N) is 1. The van der Waals surface area contributed by atoms with Crippen molar-refractivity contribution >= 4 is 41.6 Å². The summed E-state index contributed by atoms with van der Waals surface area (Å²) in [5.74, 6) is -0.344. The van der Waals surface area contributed by atoms with Crippen LogP contribution in [0.25, 0.3) is 12.2 Å². The summed E-state index contributed by atoms with van der Waals surface area (Å²) in [6.07, 6.45) is 3.38. The van der Waals surface area contributed by atoms with Crippen molar-refractivity contribution in [3.8, 4) is 5.88 Å². The number of hydrogen-bond acceptors (Lipinski definition) is 4. The lowest BCUT2D eigenvalue weighted by atomic mass is 10.1. The standard InChI is InChI=1S/C14H10N2O2S2/c1-7-2-3-10-8(4-7)5-9(12(17)15-10)6-11-13(18)16-14(19)20-11/h2-6,18H,1H3,(H,16,19). The molecule has 6 heteroatoms. The number of fused-ring (bicyclic) bond motifs is 1. The van der Waals surface area contributed by atoms with Crippen molar-refractivity contribution in [3.63, 3.8) is 0 Å². The molecule has 1 aliphatic heterocycles. The Labute approximate surface area is 123 Å². The summed E-state index contributed by atoms with van der Waals surface area (Å²) in [6, 6.07) is 5.72. The van der Waals surface area contributed by atoms with Gasteiger partial charge in [0.05, 0.1) is 10.2 Å². The van der Waals surface area contributed by atoms with Gasteiger partial charge in [0.2, 0.25) is 5.88 Å². The molecule has 3 rings (SSSR count). The molecule has 0 saturated heterocycles. The first-order valence-corrected chi connectivity index (χ1v) is 7.10. The minimum atomic E-state index is -0.319. The van der Waals surface area contributed by atoms with Gasteiger partial charge in [0.15, 0.2) is 3.95 Å². The number of aromatic hydroxyl groups is 1. The Morgan fingerprint density at radius 3 is 2.95 bits per heavy atom. The van der Waals surface area contributed by atoms with Crippen LogP contribution in [0.5, 0.6) is 5.88 Å². The van der Waals surface area contributed by atoms with E-state index in [0.29, 0.717) is 19.8 Å². The van der Waals surface area contributed by atoms with Crippen LogP contribution in [-0.2, 0) is 4.79 Å². The van der Waals surface area contributed by atoms with Gasteiger partial charge in [-0.25, -0.2) is 4.99 Å². The van der Waals surface area contributed by atoms with Gasteiger partial charge in [0.1, 0.15) is 0 Å². The zero-order valence-electron chi connectivity index (χ0n) is 10.5. The molecule has 0 saturated carbocycles. The van der Waals surface area contributed by atoms with Crippen molar-refractivity contribution in [3.05, 3.63) is 48.7 Å². The highest BCUT2D eigenvalue weighted by Crippen LogP contribution is 2.25. The minimum Gasteiger partial charge on any atom is -0.494 e. The molecule has 1 aliphatic rings. The van der Waals surface area contributed by atoms with E-state index in [0.717, 1.165) is 10.8 Å². The van der Waals surface area contributed by atoms with E-state index >= 15 is 0 Å². The van der Waals surface area contributed by atoms with Crippen LogP contribution in [0.1, 0.15) is 10.4 Å². The number of thiazole rings is 1. The fourth-order valence-corrected chi connectivity index (χ4v) is 3.02. The Kier molecular flexibility index (Phi) is 3.11. The van der Waals surface area contributed by atoms with E-state index in [1.807, 2.05) is 25.1 Å². The normalized spacial score (nSPS) is 15.7. The third-order valence-electron chi connectivity index (χ3n) is 2.91. The van der Waals surface area contributed by atoms with Crippen LogP contribution in [0.3, 0.4) is 0 Å². The number of benzene rings is 1. The minimum absolute atomic E-state index is 0.0243. The van der Waals surface area contributed by atoms with Gasteiger partial charge in [-0.2, -0.15) is 0 Å². The fraction of sp³-hybridized carbons (Fsp3) is 0.0714. The number of carbonyl (C=O) groups is 1. The largest absolute Gasteiger partial charge is 0.494 e. The van der Waals surface area contributed by atoms with Crippen molar-refractivity contribution in [2.45, 2.75) is 6.92 Å². The number of carbonyl (C=O) groups excluding carboxylic acids is 1. The van der Waals surface area contributed by atoms with Gasteiger partial charge >= 0.3 is 0 Å². The summed E-state index contributed by atoms with van der Waals surface area (Å²) in [5, 5.41) is 11.2. The number of rotatable bonds is 1. The Morgan fingerprint density at radius 2 is 2.25 bits per heavy atom. The number of nitrogens with zero attached hydrogens (tertiary/aromatic N) is 1. The SMILES string of the molecule is Cc1ccc2c(c1)=CC(=Cc1sc(=S)[nH]c1O)C(=O)N=2. The van der Waals surface area contributed by atoms with Crippen molar-refractivity contribution in [1.82, 2.24) is 4.98 Å². The molecule has 2 aromatic rings. The monoisotopic (exact) mass is 302 g/mol. The van der Waals surface area contributed by atoms with Crippen molar-refractivity contribution < 1.29 is 9.90 Å². The summed E-state index contributed by atoms with van der Waals surface area (Å²) < 4.78 is 0.464. The van der Waals surface area contributed by atoms with Gasteiger partial charge in [-0.1, -0.05) is 11.6 Å². The van der Waals surface area contributed by atoms with Gasteiger partial charge in [0, 0.05) is 10.8 Å². The molecule has 0 spiro atoms. The Hall–Kier alpha value is -2.05. The molecule has 0 atom stereocenters. The predicted octanol–water partition coefficient (Wildman–Crippen LogP) is 1.84. The average molecular weight is 302 g/mol. The molecule has 100 valence electrons. The topological polar surface area (TPSA) is 65.4 Å². The van der Waals surface area contributed by atoms with E-state index in [2.05, 4.69) is 9.98 Å². The summed E-state index contributed by atoms with van der Waals surface area (Å²) in [5.41, 5.74) is 1.53. The smallest absolute Gasteiger partial charge is 0.277 e. The van der Waals surface area contributed by atoms with Crippen LogP contribution in [-0.4, -0.2) is 16.0 Å². The van der Waals surface area contributed by atoms with Crippen LogP contribution in [0.2, 0.25) is 0 Å². The first-order chi connectivity index (χ1) is 9.52. The summed E-state index contributed by atoms with van der Waals surface area (Å²) in [7, 11) is 0. The lowest BCUT2D eigenvalue weighted by Gasteiger charge is -2.03. The van der Waals surface area contributed by atoms with E-state index in [1.165, 1.54) is 11.3 Å². The highest BCUT2D eigenvalue weighted by molar-refractivity contribution is 7.73. The molecular formula is C14H10N2O2S2. The molecule has 0 radical (unpaired) electrons. The zero-order chi connectivity index (χ0) is 14.3. The predicted molar refractivity (Wildman–Crippen MR) is 80.6 cm³/mol. The quantitative estimate of drug-likeness (QED) is 0.624. The second-order valence-electron chi connectivity index (χ2n) is 4.45. The first-order valence-electron chi connectivity index (χ1n) is 5.88. The number of aromatic amines is 1. The van der Waals surface area contributed by atoms with Crippen molar-refractivity contribution in [1.29, 1.82) is 0 Å². The van der Waals surface area contributed by atoms with E-state index in [4.69, 9.17) is 12.2 Å². The van der Waals surface area contributed by atoms with Crippen molar-refractivity contribution in [2.75, 3.05) is 0 Å². The van der Waals surface area contributed by atoms with Crippen LogP contribution < -0.4 is 10.6 Å². The molecule has 0 bridgehead atoms. The molecule has 0 unspecified atom stereocenters. The highest BCUT2D eigenvalue weighted by atomic mass is 32.1. The molecule has 4 nitrogen and oxygen atoms in total. The van der Waals surface area contributed by atoms with Gasteiger partial charge in [-0.3, -0.25) is 4.79 Å². The lowest BCUT2D eigenvalue weighted by molar-refractivity contribution is -0.114. The van der Waals surface area contributed by atoms with E-state index < -0.39 is 0 Å². The molecule has 0 fully saturated rings.